The normalized spacial score (nSPS) is 31.5. The Kier molecular flexibility index (Phi) is 6.85. The lowest BCUT2D eigenvalue weighted by Gasteiger charge is -2.37. The maximum Gasteiger partial charge on any atom is 0.410 e. The second-order valence-corrected chi connectivity index (χ2v) is 12.4. The molecule has 3 fully saturated rings. The number of nitrogens with one attached hydrogen (secondary N) is 1. The number of amides is 1. The number of ether oxygens (including phenoxy) is 1. The molecule has 168 valence electrons. The largest absolute Gasteiger partial charge is 0.444 e. The molecular formula is C21H39N3O4S. The molecule has 3 rings (SSSR count). The Morgan fingerprint density at radius 1 is 1.14 bits per heavy atom. The Hall–Kier alpha value is -0.860. The third-order valence-electron chi connectivity index (χ3n) is 6.74. The molecule has 0 unspecified atom stereocenters. The first-order valence-electron chi connectivity index (χ1n) is 11.2. The Balaban J connectivity index is 1.42. The van der Waals surface area contributed by atoms with Crippen molar-refractivity contribution in [1.82, 2.24) is 14.5 Å². The molecular weight excluding hydrogens is 390 g/mol. The van der Waals surface area contributed by atoms with Crippen LogP contribution in [0.4, 0.5) is 4.79 Å². The van der Waals surface area contributed by atoms with Gasteiger partial charge in [-0.05, 0) is 84.1 Å². The summed E-state index contributed by atoms with van der Waals surface area (Å²) >= 11 is 0. The van der Waals surface area contributed by atoms with E-state index in [1.54, 1.807) is 6.92 Å². The van der Waals surface area contributed by atoms with Crippen LogP contribution in [-0.2, 0) is 14.8 Å². The summed E-state index contributed by atoms with van der Waals surface area (Å²) in [6.45, 7) is 12.3. The average Bonchev–Trinajstić information content (AvgIpc) is 3.24. The van der Waals surface area contributed by atoms with Crippen molar-refractivity contribution in [3.8, 4) is 0 Å². The van der Waals surface area contributed by atoms with Crippen LogP contribution < -0.4 is 4.72 Å². The third kappa shape index (κ3) is 6.31. The minimum absolute atomic E-state index is 0.108. The van der Waals surface area contributed by atoms with Crippen LogP contribution in [0, 0.1) is 11.3 Å². The molecule has 1 saturated carbocycles. The standard InChI is InChI=1S/C21H39N3O4S/c1-5-29(26,27)22-18-6-9-21(10-7-18)11-13-23(16-21)14-17-8-12-24(15-17)19(25)28-20(2,3)4/h17-18,22H,5-16H2,1-4H3/t17-,18?,21?/m1/s1. The highest BCUT2D eigenvalue weighted by molar-refractivity contribution is 7.89. The van der Waals surface area contributed by atoms with Crippen LogP contribution in [0.5, 0.6) is 0 Å². The first kappa shape index (κ1) is 22.8. The fourth-order valence-corrected chi connectivity index (χ4v) is 6.03. The predicted molar refractivity (Wildman–Crippen MR) is 114 cm³/mol. The molecule has 1 spiro atoms. The summed E-state index contributed by atoms with van der Waals surface area (Å²) in [4.78, 5) is 16.7. The van der Waals surface area contributed by atoms with E-state index < -0.39 is 15.6 Å². The van der Waals surface area contributed by atoms with Gasteiger partial charge in [0.1, 0.15) is 5.60 Å². The minimum Gasteiger partial charge on any atom is -0.444 e. The van der Waals surface area contributed by atoms with Crippen LogP contribution in [0.25, 0.3) is 0 Å². The van der Waals surface area contributed by atoms with Crippen LogP contribution in [0.3, 0.4) is 0 Å². The van der Waals surface area contributed by atoms with Crippen molar-refractivity contribution in [1.29, 1.82) is 0 Å². The molecule has 1 amide bonds. The monoisotopic (exact) mass is 429 g/mol. The molecule has 2 aliphatic heterocycles. The van der Waals surface area contributed by atoms with Crippen molar-refractivity contribution in [2.75, 3.05) is 38.5 Å². The lowest BCUT2D eigenvalue weighted by atomic mass is 9.72. The lowest BCUT2D eigenvalue weighted by molar-refractivity contribution is 0.0285. The number of rotatable bonds is 5. The third-order valence-corrected chi connectivity index (χ3v) is 8.20. The first-order chi connectivity index (χ1) is 13.5. The van der Waals surface area contributed by atoms with Crippen molar-refractivity contribution < 1.29 is 17.9 Å². The van der Waals surface area contributed by atoms with E-state index in [1.165, 1.54) is 6.42 Å². The van der Waals surface area contributed by atoms with Gasteiger partial charge in [0.25, 0.3) is 0 Å². The molecule has 8 heteroatoms. The Morgan fingerprint density at radius 2 is 1.83 bits per heavy atom. The number of likely N-dealkylation sites (tertiary alicyclic amines) is 2. The molecule has 0 aromatic rings. The molecule has 1 atom stereocenters. The highest BCUT2D eigenvalue weighted by Gasteiger charge is 2.42. The van der Waals surface area contributed by atoms with Crippen molar-refractivity contribution in [3.63, 3.8) is 0 Å². The quantitative estimate of drug-likeness (QED) is 0.727. The SMILES string of the molecule is CCS(=O)(=O)NC1CCC2(CC1)CCN(C[C@H]1CCN(C(=O)OC(C)(C)C)C1)C2. The summed E-state index contributed by atoms with van der Waals surface area (Å²) in [7, 11) is -3.11. The van der Waals surface area contributed by atoms with E-state index in [0.29, 0.717) is 11.3 Å². The van der Waals surface area contributed by atoms with Crippen LogP contribution in [-0.4, -0.2) is 74.4 Å². The van der Waals surface area contributed by atoms with Crippen molar-refractivity contribution in [3.05, 3.63) is 0 Å². The number of sulfonamides is 1. The first-order valence-corrected chi connectivity index (χ1v) is 12.8. The second kappa shape index (κ2) is 8.71. The second-order valence-electron chi connectivity index (χ2n) is 10.4. The van der Waals surface area contributed by atoms with Gasteiger partial charge < -0.3 is 14.5 Å². The molecule has 0 aromatic carbocycles. The minimum atomic E-state index is -3.11. The number of carbonyl (C=O) groups excluding carboxylic acids is 1. The van der Waals surface area contributed by atoms with E-state index in [4.69, 9.17) is 4.74 Å². The fourth-order valence-electron chi connectivity index (χ4n) is 5.12. The maximum absolute atomic E-state index is 12.3. The fraction of sp³-hybridized carbons (Fsp3) is 0.952. The van der Waals surface area contributed by atoms with Gasteiger partial charge in [0, 0.05) is 32.2 Å². The van der Waals surface area contributed by atoms with E-state index in [1.807, 2.05) is 25.7 Å². The molecule has 0 bridgehead atoms. The van der Waals surface area contributed by atoms with E-state index in [2.05, 4.69) is 9.62 Å². The molecule has 2 heterocycles. The highest BCUT2D eigenvalue weighted by atomic mass is 32.2. The zero-order valence-corrected chi connectivity index (χ0v) is 19.4. The van der Waals surface area contributed by atoms with Crippen molar-refractivity contribution >= 4 is 16.1 Å². The van der Waals surface area contributed by atoms with Crippen molar-refractivity contribution in [2.45, 2.75) is 77.9 Å². The van der Waals surface area contributed by atoms with E-state index in [9.17, 15) is 13.2 Å². The van der Waals surface area contributed by atoms with Crippen LogP contribution in [0.2, 0.25) is 0 Å². The van der Waals surface area contributed by atoms with Gasteiger partial charge in [-0.2, -0.15) is 0 Å². The molecule has 2 saturated heterocycles. The zero-order chi connectivity index (χ0) is 21.3. The maximum atomic E-state index is 12.3. The van der Waals surface area contributed by atoms with Gasteiger partial charge in [0.05, 0.1) is 5.75 Å². The summed E-state index contributed by atoms with van der Waals surface area (Å²) in [5.74, 6) is 0.676. The average molecular weight is 430 g/mol. The van der Waals surface area contributed by atoms with Gasteiger partial charge in [-0.1, -0.05) is 0 Å². The molecule has 0 aromatic heterocycles. The zero-order valence-electron chi connectivity index (χ0n) is 18.6. The number of hydrogen-bond acceptors (Lipinski definition) is 5. The van der Waals surface area contributed by atoms with Gasteiger partial charge in [0.2, 0.25) is 10.0 Å². The molecule has 1 N–H and O–H groups in total. The Labute approximate surface area is 176 Å². The van der Waals surface area contributed by atoms with Gasteiger partial charge in [0.15, 0.2) is 0 Å². The summed E-state index contributed by atoms with van der Waals surface area (Å²) in [6, 6.07) is 0.108. The Bertz CT molecular complexity index is 681. The van der Waals surface area contributed by atoms with Gasteiger partial charge >= 0.3 is 6.09 Å². The van der Waals surface area contributed by atoms with E-state index in [0.717, 1.165) is 64.8 Å². The number of nitrogens with zero attached hydrogens (tertiary/aromatic N) is 2. The number of hydrogen-bond donors (Lipinski definition) is 1. The van der Waals surface area contributed by atoms with Gasteiger partial charge in [-0.3, -0.25) is 0 Å². The van der Waals surface area contributed by atoms with E-state index in [-0.39, 0.29) is 17.9 Å². The summed E-state index contributed by atoms with van der Waals surface area (Å²) in [5.41, 5.74) is -0.0850. The summed E-state index contributed by atoms with van der Waals surface area (Å²) in [5, 5.41) is 0. The Morgan fingerprint density at radius 3 is 2.45 bits per heavy atom. The molecule has 1 aliphatic carbocycles. The van der Waals surface area contributed by atoms with Crippen LogP contribution >= 0.6 is 0 Å². The molecule has 0 radical (unpaired) electrons. The summed E-state index contributed by atoms with van der Waals surface area (Å²) < 4.78 is 32.0. The van der Waals surface area contributed by atoms with Crippen LogP contribution in [0.1, 0.15) is 66.2 Å². The smallest absolute Gasteiger partial charge is 0.410 e. The van der Waals surface area contributed by atoms with Crippen LogP contribution in [0.15, 0.2) is 0 Å². The predicted octanol–water partition coefficient (Wildman–Crippen LogP) is 2.82. The van der Waals surface area contributed by atoms with Gasteiger partial charge in [-0.15, -0.1) is 0 Å². The van der Waals surface area contributed by atoms with Gasteiger partial charge in [-0.25, -0.2) is 17.9 Å². The van der Waals surface area contributed by atoms with E-state index >= 15 is 0 Å². The topological polar surface area (TPSA) is 79.0 Å². The highest BCUT2D eigenvalue weighted by Crippen LogP contribution is 2.44. The number of carbonyl (C=O) groups is 1. The van der Waals surface area contributed by atoms with Crippen molar-refractivity contribution in [2.24, 2.45) is 11.3 Å². The molecule has 29 heavy (non-hydrogen) atoms. The molecule has 3 aliphatic rings. The molecule has 7 nitrogen and oxygen atoms in total. The lowest BCUT2D eigenvalue weighted by Crippen LogP contribution is -2.42. The summed E-state index contributed by atoms with van der Waals surface area (Å²) in [6.07, 6.45) is 6.17.